The number of nitrogens with one attached hydrogen (secondary N) is 1. The highest BCUT2D eigenvalue weighted by Gasteiger charge is 2.14. The number of fused-ring (bicyclic) bond motifs is 3. The molecular weight excluding hydrogens is 306 g/mol. The number of anilines is 2. The van der Waals surface area contributed by atoms with Gasteiger partial charge in [-0.2, -0.15) is 0 Å². The normalized spacial score (nSPS) is 10.8. The Morgan fingerprint density at radius 2 is 1.83 bits per heavy atom. The van der Waals surface area contributed by atoms with E-state index in [9.17, 15) is 0 Å². The summed E-state index contributed by atoms with van der Waals surface area (Å²) in [4.78, 5) is 16.5. The number of rotatable bonds is 2. The largest absolute Gasteiger partial charge is 0.351 e. The van der Waals surface area contributed by atoms with Gasteiger partial charge in [0.15, 0.2) is 5.52 Å². The van der Waals surface area contributed by atoms with Gasteiger partial charge in [0.25, 0.3) is 0 Å². The number of aromatic nitrogens is 3. The summed E-state index contributed by atoms with van der Waals surface area (Å²) in [5.41, 5.74) is 3.80. The summed E-state index contributed by atoms with van der Waals surface area (Å²) in [6.07, 6.45) is 1.54. The van der Waals surface area contributed by atoms with Gasteiger partial charge in [-0.15, -0.1) is 16.3 Å². The molecule has 4 rings (SSSR count). The molecule has 0 atom stereocenters. The molecule has 2 aromatic heterocycles. The van der Waals surface area contributed by atoms with Crippen LogP contribution in [0.2, 0.25) is 0 Å². The molecule has 2 heterocycles. The van der Waals surface area contributed by atoms with Gasteiger partial charge in [0.05, 0.1) is 15.6 Å². The lowest BCUT2D eigenvalue weighted by Gasteiger charge is -2.08. The smallest absolute Gasteiger partial charge is 0.330 e. The van der Waals surface area contributed by atoms with Gasteiger partial charge >= 0.3 is 5.13 Å². The van der Waals surface area contributed by atoms with E-state index < -0.39 is 0 Å². The van der Waals surface area contributed by atoms with Gasteiger partial charge in [-0.1, -0.05) is 24.3 Å². The van der Waals surface area contributed by atoms with Gasteiger partial charge in [0, 0.05) is 5.69 Å². The highest BCUT2D eigenvalue weighted by Crippen LogP contribution is 2.36. The third-order valence-corrected chi connectivity index (χ3v) is 4.54. The van der Waals surface area contributed by atoms with Crippen molar-refractivity contribution in [3.05, 3.63) is 59.7 Å². The van der Waals surface area contributed by atoms with Crippen LogP contribution in [0.3, 0.4) is 0 Å². The Balaban J connectivity index is 1.93. The van der Waals surface area contributed by atoms with Crippen molar-refractivity contribution in [3.8, 4) is 0 Å². The molecule has 1 N–H and O–H groups in total. The molecule has 0 fully saturated rings. The Morgan fingerprint density at radius 1 is 1.04 bits per heavy atom. The fraction of sp³-hybridized carbons (Fsp3) is 0.0588. The molecule has 0 saturated carbocycles. The van der Waals surface area contributed by atoms with Crippen LogP contribution in [0, 0.1) is 13.5 Å². The van der Waals surface area contributed by atoms with Crippen molar-refractivity contribution in [1.82, 2.24) is 15.0 Å². The third kappa shape index (κ3) is 2.37. The zero-order valence-electron chi connectivity index (χ0n) is 12.2. The monoisotopic (exact) mass is 317 g/mol. The van der Waals surface area contributed by atoms with Crippen LogP contribution >= 0.6 is 11.3 Å². The SMILES string of the molecule is [C-]#[N+]c1nc2ccc3ncnc(Nc4ccc(C)cc4)c3c2s1. The Kier molecular flexibility index (Phi) is 3.14. The van der Waals surface area contributed by atoms with Gasteiger partial charge in [0.2, 0.25) is 0 Å². The molecule has 0 amide bonds. The first-order chi connectivity index (χ1) is 11.2. The second-order valence-electron chi connectivity index (χ2n) is 5.13. The van der Waals surface area contributed by atoms with Crippen molar-refractivity contribution >= 4 is 49.1 Å². The van der Waals surface area contributed by atoms with Crippen LogP contribution in [0.25, 0.3) is 26.0 Å². The maximum absolute atomic E-state index is 7.16. The topological polar surface area (TPSA) is 55.1 Å². The van der Waals surface area contributed by atoms with Crippen LogP contribution in [-0.4, -0.2) is 15.0 Å². The summed E-state index contributed by atoms with van der Waals surface area (Å²) in [6.45, 7) is 9.22. The van der Waals surface area contributed by atoms with Gasteiger partial charge in [-0.3, -0.25) is 0 Å². The van der Waals surface area contributed by atoms with Gasteiger partial charge in [-0.05, 0) is 31.2 Å². The summed E-state index contributed by atoms with van der Waals surface area (Å²) in [5.74, 6) is 0.727. The predicted octanol–water partition coefficient (Wildman–Crippen LogP) is 4.84. The number of thiazole rings is 1. The number of hydrogen-bond donors (Lipinski definition) is 1. The van der Waals surface area contributed by atoms with E-state index in [2.05, 4.69) is 32.0 Å². The zero-order chi connectivity index (χ0) is 15.8. The highest BCUT2D eigenvalue weighted by molar-refractivity contribution is 7.23. The predicted molar refractivity (Wildman–Crippen MR) is 93.4 cm³/mol. The first-order valence-electron chi connectivity index (χ1n) is 7.00. The zero-order valence-corrected chi connectivity index (χ0v) is 13.1. The second kappa shape index (κ2) is 5.30. The summed E-state index contributed by atoms with van der Waals surface area (Å²) in [5, 5.41) is 4.67. The van der Waals surface area contributed by atoms with Crippen LogP contribution in [0.1, 0.15) is 5.56 Å². The lowest BCUT2D eigenvalue weighted by molar-refractivity contribution is 1.22. The molecule has 0 aliphatic carbocycles. The number of hydrogen-bond acceptors (Lipinski definition) is 5. The average molecular weight is 317 g/mol. The number of aryl methyl sites for hydroxylation is 1. The van der Waals surface area contributed by atoms with Crippen LogP contribution in [0.4, 0.5) is 16.6 Å². The van der Waals surface area contributed by atoms with Crippen molar-refractivity contribution in [2.75, 3.05) is 5.32 Å². The lowest BCUT2D eigenvalue weighted by atomic mass is 10.2. The van der Waals surface area contributed by atoms with E-state index in [0.717, 1.165) is 32.6 Å². The molecule has 0 bridgehead atoms. The minimum absolute atomic E-state index is 0.428. The highest BCUT2D eigenvalue weighted by atomic mass is 32.1. The Hall–Kier alpha value is -3.04. The summed E-state index contributed by atoms with van der Waals surface area (Å²) >= 11 is 1.37. The van der Waals surface area contributed by atoms with Crippen molar-refractivity contribution in [2.24, 2.45) is 0 Å². The van der Waals surface area contributed by atoms with Crippen molar-refractivity contribution in [1.29, 1.82) is 0 Å². The van der Waals surface area contributed by atoms with Crippen molar-refractivity contribution < 1.29 is 0 Å². The molecule has 0 unspecified atom stereocenters. The molecule has 0 aliphatic rings. The van der Waals surface area contributed by atoms with E-state index in [1.807, 2.05) is 36.4 Å². The van der Waals surface area contributed by atoms with Crippen LogP contribution < -0.4 is 5.32 Å². The molecule has 4 aromatic rings. The Labute approximate surface area is 136 Å². The lowest BCUT2D eigenvalue weighted by Crippen LogP contribution is -1.96. The molecule has 0 saturated heterocycles. The molecule has 23 heavy (non-hydrogen) atoms. The fourth-order valence-electron chi connectivity index (χ4n) is 2.44. The van der Waals surface area contributed by atoms with E-state index in [0.29, 0.717) is 5.13 Å². The molecule has 110 valence electrons. The van der Waals surface area contributed by atoms with Crippen LogP contribution in [-0.2, 0) is 0 Å². The quantitative estimate of drug-likeness (QED) is 0.537. The first-order valence-corrected chi connectivity index (χ1v) is 7.81. The summed E-state index contributed by atoms with van der Waals surface area (Å²) < 4.78 is 0.934. The second-order valence-corrected chi connectivity index (χ2v) is 6.11. The molecule has 0 spiro atoms. The Bertz CT molecular complexity index is 1060. The third-order valence-electron chi connectivity index (χ3n) is 3.55. The molecular formula is C17H11N5S. The van der Waals surface area contributed by atoms with Crippen molar-refractivity contribution in [3.63, 3.8) is 0 Å². The van der Waals surface area contributed by atoms with E-state index in [4.69, 9.17) is 6.57 Å². The first kappa shape index (κ1) is 13.6. The van der Waals surface area contributed by atoms with Gasteiger partial charge in [-0.25, -0.2) is 9.97 Å². The van der Waals surface area contributed by atoms with E-state index in [1.165, 1.54) is 16.9 Å². The van der Waals surface area contributed by atoms with E-state index in [-0.39, 0.29) is 0 Å². The van der Waals surface area contributed by atoms with E-state index >= 15 is 0 Å². The fourth-order valence-corrected chi connectivity index (χ4v) is 3.33. The molecule has 0 aliphatic heterocycles. The number of nitrogens with zero attached hydrogens (tertiary/aromatic N) is 4. The number of benzene rings is 2. The van der Waals surface area contributed by atoms with E-state index in [1.54, 1.807) is 6.33 Å². The average Bonchev–Trinajstić information content (AvgIpc) is 3.00. The van der Waals surface area contributed by atoms with Crippen LogP contribution in [0.15, 0.2) is 42.7 Å². The van der Waals surface area contributed by atoms with Gasteiger partial charge in [0.1, 0.15) is 12.1 Å². The minimum Gasteiger partial charge on any atom is -0.351 e. The standard InChI is InChI=1S/C17H11N5S/c1-10-3-5-11(6-4-10)21-16-14-12(19-9-20-16)7-8-13-15(14)23-17(18-2)22-13/h3-9H,1H3,(H,19,20,21). The Morgan fingerprint density at radius 3 is 2.61 bits per heavy atom. The summed E-state index contributed by atoms with van der Waals surface area (Å²) in [6, 6.07) is 11.9. The minimum atomic E-state index is 0.428. The van der Waals surface area contributed by atoms with Crippen molar-refractivity contribution in [2.45, 2.75) is 6.92 Å². The van der Waals surface area contributed by atoms with Gasteiger partial charge < -0.3 is 10.2 Å². The molecule has 5 nitrogen and oxygen atoms in total. The molecule has 6 heteroatoms. The maximum atomic E-state index is 7.16. The van der Waals surface area contributed by atoms with Crippen LogP contribution in [0.5, 0.6) is 0 Å². The molecule has 0 radical (unpaired) electrons. The maximum Gasteiger partial charge on any atom is 0.330 e. The molecule has 2 aromatic carbocycles. The summed E-state index contributed by atoms with van der Waals surface area (Å²) in [7, 11) is 0.